The van der Waals surface area contributed by atoms with E-state index in [0.29, 0.717) is 36.3 Å². The van der Waals surface area contributed by atoms with Crippen LogP contribution in [0.4, 0.5) is 26.4 Å². The molecule has 1 atom stereocenters. The molecule has 2 aromatic heterocycles. The molecule has 1 saturated carbocycles. The molecule has 0 unspecified atom stereocenters. The van der Waals surface area contributed by atoms with Gasteiger partial charge in [-0.3, -0.25) is 4.57 Å². The first-order valence-corrected chi connectivity index (χ1v) is 11.0. The van der Waals surface area contributed by atoms with E-state index >= 15 is 0 Å². The Labute approximate surface area is 183 Å². The molecule has 0 amide bonds. The van der Waals surface area contributed by atoms with Crippen LogP contribution in [0, 0.1) is 11.6 Å². The first-order chi connectivity index (χ1) is 15.1. The minimum Gasteiger partial charge on any atom is -0.379 e. The van der Waals surface area contributed by atoms with Crippen LogP contribution in [-0.2, 0) is 4.74 Å². The number of hydrogen-bond acceptors (Lipinski definition) is 6. The van der Waals surface area contributed by atoms with Gasteiger partial charge >= 0.3 is 0 Å². The molecule has 2 N–H and O–H groups in total. The number of hydrogen-bond donors (Lipinski definition) is 2. The second-order valence-electron chi connectivity index (χ2n) is 8.07. The van der Waals surface area contributed by atoms with E-state index in [2.05, 4.69) is 20.6 Å². The van der Waals surface area contributed by atoms with Gasteiger partial charge in [0.05, 0.1) is 18.8 Å². The van der Waals surface area contributed by atoms with Crippen molar-refractivity contribution < 1.29 is 13.5 Å². The average molecular weight is 449 g/mol. The molecule has 1 saturated heterocycles. The molecule has 5 rings (SSSR count). The fourth-order valence-electron chi connectivity index (χ4n) is 4.34. The number of halogens is 3. The molecule has 1 aliphatic heterocycles. The van der Waals surface area contributed by atoms with Gasteiger partial charge < -0.3 is 15.4 Å². The molecule has 2 fully saturated rings. The van der Waals surface area contributed by atoms with Gasteiger partial charge in [0.15, 0.2) is 17.3 Å². The van der Waals surface area contributed by atoms with Crippen molar-refractivity contribution in [1.29, 1.82) is 0 Å². The maximum Gasteiger partial charge on any atom is 0.225 e. The second kappa shape index (κ2) is 8.55. The van der Waals surface area contributed by atoms with Crippen LogP contribution < -0.4 is 10.6 Å². The monoisotopic (exact) mass is 448 g/mol. The van der Waals surface area contributed by atoms with Crippen LogP contribution in [0.25, 0.3) is 11.2 Å². The smallest absolute Gasteiger partial charge is 0.225 e. The fourth-order valence-corrected chi connectivity index (χ4v) is 4.53. The highest BCUT2D eigenvalue weighted by Gasteiger charge is 2.25. The maximum atomic E-state index is 14.4. The van der Waals surface area contributed by atoms with Gasteiger partial charge in [0, 0.05) is 17.7 Å². The van der Waals surface area contributed by atoms with Crippen molar-refractivity contribution in [1.82, 2.24) is 19.5 Å². The predicted octanol–water partition coefficient (Wildman–Crippen LogP) is 5.21. The number of imidazole rings is 1. The van der Waals surface area contributed by atoms with Gasteiger partial charge in [0.1, 0.15) is 11.2 Å². The molecular formula is C21H23ClF2N6O. The number of nitrogens with zero attached hydrogens (tertiary/aromatic N) is 4. The summed E-state index contributed by atoms with van der Waals surface area (Å²) in [7, 11) is 0. The summed E-state index contributed by atoms with van der Waals surface area (Å²) >= 11 is 5.77. The largest absolute Gasteiger partial charge is 0.379 e. The van der Waals surface area contributed by atoms with Crippen LogP contribution in [0.1, 0.15) is 44.6 Å². The summed E-state index contributed by atoms with van der Waals surface area (Å²) in [6, 6.07) is 2.45. The lowest BCUT2D eigenvalue weighted by Gasteiger charge is -2.25. The van der Waals surface area contributed by atoms with E-state index in [0.717, 1.165) is 44.2 Å². The normalized spacial score (nSPS) is 19.8. The van der Waals surface area contributed by atoms with E-state index in [4.69, 9.17) is 21.3 Å². The van der Waals surface area contributed by atoms with Crippen molar-refractivity contribution in [2.45, 2.75) is 50.6 Å². The maximum absolute atomic E-state index is 14.4. The van der Waals surface area contributed by atoms with Crippen LogP contribution in [0.3, 0.4) is 0 Å². The zero-order valence-corrected chi connectivity index (χ0v) is 17.6. The molecule has 1 aromatic carbocycles. The Balaban J connectivity index is 1.56. The van der Waals surface area contributed by atoms with Gasteiger partial charge in [-0.25, -0.2) is 18.7 Å². The van der Waals surface area contributed by atoms with E-state index in [9.17, 15) is 8.78 Å². The Bertz CT molecular complexity index is 1070. The summed E-state index contributed by atoms with van der Waals surface area (Å²) in [6.07, 6.45) is 7.79. The summed E-state index contributed by atoms with van der Waals surface area (Å²) in [5.41, 5.74) is 0.919. The van der Waals surface area contributed by atoms with Gasteiger partial charge in [-0.05, 0) is 31.4 Å². The molecule has 164 valence electrons. The highest BCUT2D eigenvalue weighted by Crippen LogP contribution is 2.36. The summed E-state index contributed by atoms with van der Waals surface area (Å²) in [4.78, 5) is 13.7. The van der Waals surface area contributed by atoms with Gasteiger partial charge in [-0.2, -0.15) is 4.98 Å². The van der Waals surface area contributed by atoms with Crippen molar-refractivity contribution in [3.8, 4) is 0 Å². The van der Waals surface area contributed by atoms with E-state index in [1.54, 1.807) is 6.20 Å². The first-order valence-electron chi connectivity index (χ1n) is 10.6. The molecule has 0 bridgehead atoms. The minimum atomic E-state index is -0.776. The first kappa shape index (κ1) is 20.4. The zero-order chi connectivity index (χ0) is 21.4. The lowest BCUT2D eigenvalue weighted by molar-refractivity contribution is 0.195. The summed E-state index contributed by atoms with van der Waals surface area (Å²) in [5, 5.41) is 6.15. The molecule has 10 heteroatoms. The van der Waals surface area contributed by atoms with Crippen molar-refractivity contribution in [3.63, 3.8) is 0 Å². The standard InChI is InChI=1S/C21H23ClF2N6O/c22-12-8-15(23)18(16(24)9-12)28-21-27-17-10-25-20(26-13-6-7-31-11-13)29-19(17)30(21)14-4-2-1-3-5-14/h8-10,13-14H,1-7,11H2,(H,27,28)(H,25,26,29)/t13-/m0/s1. The molecule has 1 aliphatic carbocycles. The third-order valence-corrected chi connectivity index (χ3v) is 6.10. The van der Waals surface area contributed by atoms with Gasteiger partial charge in [0.2, 0.25) is 11.9 Å². The van der Waals surface area contributed by atoms with Crippen molar-refractivity contribution in [2.75, 3.05) is 23.8 Å². The Hall–Kier alpha value is -2.52. The highest BCUT2D eigenvalue weighted by molar-refractivity contribution is 6.30. The Morgan fingerprint density at radius 3 is 2.55 bits per heavy atom. The SMILES string of the molecule is Fc1cc(Cl)cc(F)c1Nc1nc2cnc(N[C@H]3CCOC3)nc2n1C1CCCCC1. The van der Waals surface area contributed by atoms with Gasteiger partial charge in [-0.15, -0.1) is 0 Å². The van der Waals surface area contributed by atoms with Gasteiger partial charge in [0.25, 0.3) is 0 Å². The summed E-state index contributed by atoms with van der Waals surface area (Å²) in [5.74, 6) is -0.711. The number of fused-ring (bicyclic) bond motifs is 1. The van der Waals surface area contributed by atoms with Crippen molar-refractivity contribution >= 4 is 40.3 Å². The number of anilines is 3. The summed E-state index contributed by atoms with van der Waals surface area (Å²) < 4.78 is 36.3. The number of ether oxygens (including phenoxy) is 1. The van der Waals surface area contributed by atoms with Gasteiger partial charge in [-0.1, -0.05) is 30.9 Å². The second-order valence-corrected chi connectivity index (χ2v) is 8.51. The minimum absolute atomic E-state index is 0.00110. The fraction of sp³-hybridized carbons (Fsp3) is 0.476. The molecular weight excluding hydrogens is 426 g/mol. The van der Waals surface area contributed by atoms with Crippen LogP contribution >= 0.6 is 11.6 Å². The molecule has 3 heterocycles. The zero-order valence-electron chi connectivity index (χ0n) is 16.9. The number of aromatic nitrogens is 4. The van der Waals surface area contributed by atoms with Crippen LogP contribution in [0.2, 0.25) is 5.02 Å². The topological polar surface area (TPSA) is 76.9 Å². The number of rotatable bonds is 5. The number of nitrogens with one attached hydrogen (secondary N) is 2. The third-order valence-electron chi connectivity index (χ3n) is 5.88. The molecule has 3 aromatic rings. The summed E-state index contributed by atoms with van der Waals surface area (Å²) in [6.45, 7) is 1.33. The lowest BCUT2D eigenvalue weighted by Crippen LogP contribution is -2.21. The van der Waals surface area contributed by atoms with Crippen molar-refractivity contribution in [2.24, 2.45) is 0 Å². The molecule has 31 heavy (non-hydrogen) atoms. The Morgan fingerprint density at radius 2 is 1.84 bits per heavy atom. The van der Waals surface area contributed by atoms with Crippen LogP contribution in [0.5, 0.6) is 0 Å². The van der Waals surface area contributed by atoms with E-state index in [1.807, 2.05) is 4.57 Å². The lowest BCUT2D eigenvalue weighted by atomic mass is 9.95. The van der Waals surface area contributed by atoms with Crippen LogP contribution in [0.15, 0.2) is 18.3 Å². The third kappa shape index (κ3) is 4.16. The van der Waals surface area contributed by atoms with Crippen LogP contribution in [-0.4, -0.2) is 38.8 Å². The van der Waals surface area contributed by atoms with E-state index in [-0.39, 0.29) is 22.8 Å². The molecule has 0 spiro atoms. The Kier molecular flexibility index (Phi) is 5.62. The number of benzene rings is 1. The highest BCUT2D eigenvalue weighted by atomic mass is 35.5. The molecule has 7 nitrogen and oxygen atoms in total. The molecule has 0 radical (unpaired) electrons. The quantitative estimate of drug-likeness (QED) is 0.558. The van der Waals surface area contributed by atoms with E-state index in [1.165, 1.54) is 6.42 Å². The predicted molar refractivity (Wildman–Crippen MR) is 115 cm³/mol. The Morgan fingerprint density at radius 1 is 1.06 bits per heavy atom. The van der Waals surface area contributed by atoms with Crippen molar-refractivity contribution in [3.05, 3.63) is 35.0 Å². The molecule has 2 aliphatic rings. The van der Waals surface area contributed by atoms with E-state index < -0.39 is 11.6 Å². The average Bonchev–Trinajstić information content (AvgIpc) is 3.38.